The number of amides is 1. The number of ether oxygens (including phenoxy) is 1. The second-order valence-electron chi connectivity index (χ2n) is 6.75. The van der Waals surface area contributed by atoms with Gasteiger partial charge in [0.2, 0.25) is 0 Å². The predicted molar refractivity (Wildman–Crippen MR) is 116 cm³/mol. The van der Waals surface area contributed by atoms with Gasteiger partial charge in [0.1, 0.15) is 5.75 Å². The highest BCUT2D eigenvalue weighted by atomic mass is 16.5. The Morgan fingerprint density at radius 1 is 0.800 bits per heavy atom. The largest absolute Gasteiger partial charge is 0.497 e. The molecule has 1 heterocycles. The fraction of sp³-hybridized carbons (Fsp3) is 0.0800. The van der Waals surface area contributed by atoms with Crippen LogP contribution in [0.3, 0.4) is 0 Å². The molecular formula is C25H21N3O2. The fourth-order valence-corrected chi connectivity index (χ4v) is 3.20. The molecule has 1 atom stereocenters. The standard InChI is InChI=1S/C25H21N3O2/c1-30-22-14-12-19(13-15-22)23(18-8-4-2-5-9-18)28-25(29)21-16-26-24(27-17-21)20-10-6-3-7-11-20/h2-17,23H,1H3,(H,28,29). The van der Waals surface area contributed by atoms with Gasteiger partial charge in [0.15, 0.2) is 5.82 Å². The van der Waals surface area contributed by atoms with E-state index >= 15 is 0 Å². The number of rotatable bonds is 6. The monoisotopic (exact) mass is 395 g/mol. The van der Waals surface area contributed by atoms with E-state index in [0.29, 0.717) is 11.4 Å². The molecule has 4 aromatic rings. The molecule has 1 unspecified atom stereocenters. The van der Waals surface area contributed by atoms with Crippen molar-refractivity contribution < 1.29 is 9.53 Å². The smallest absolute Gasteiger partial charge is 0.255 e. The maximum absolute atomic E-state index is 13.0. The van der Waals surface area contributed by atoms with Crippen LogP contribution < -0.4 is 10.1 Å². The third-order valence-electron chi connectivity index (χ3n) is 4.80. The number of nitrogens with zero attached hydrogens (tertiary/aromatic N) is 2. The summed E-state index contributed by atoms with van der Waals surface area (Å²) in [4.78, 5) is 21.7. The number of carbonyl (C=O) groups is 1. The number of methoxy groups -OCH3 is 1. The fourth-order valence-electron chi connectivity index (χ4n) is 3.20. The molecule has 1 aromatic heterocycles. The summed E-state index contributed by atoms with van der Waals surface area (Å²) in [6.07, 6.45) is 3.11. The summed E-state index contributed by atoms with van der Waals surface area (Å²) in [7, 11) is 1.63. The molecule has 30 heavy (non-hydrogen) atoms. The van der Waals surface area contributed by atoms with Crippen molar-refractivity contribution in [1.82, 2.24) is 15.3 Å². The summed E-state index contributed by atoms with van der Waals surface area (Å²) in [6.45, 7) is 0. The Morgan fingerprint density at radius 2 is 1.37 bits per heavy atom. The summed E-state index contributed by atoms with van der Waals surface area (Å²) in [5.41, 5.74) is 3.25. The minimum Gasteiger partial charge on any atom is -0.497 e. The molecule has 0 saturated heterocycles. The van der Waals surface area contributed by atoms with E-state index in [-0.39, 0.29) is 11.9 Å². The molecular weight excluding hydrogens is 374 g/mol. The minimum atomic E-state index is -0.307. The molecule has 0 bridgehead atoms. The van der Waals surface area contributed by atoms with E-state index in [0.717, 1.165) is 22.4 Å². The topological polar surface area (TPSA) is 64.1 Å². The van der Waals surface area contributed by atoms with Crippen LogP contribution in [-0.2, 0) is 0 Å². The maximum atomic E-state index is 13.0. The lowest BCUT2D eigenvalue weighted by Gasteiger charge is -2.20. The van der Waals surface area contributed by atoms with Crippen LogP contribution in [0.4, 0.5) is 0 Å². The van der Waals surface area contributed by atoms with Gasteiger partial charge in [-0.25, -0.2) is 9.97 Å². The van der Waals surface area contributed by atoms with Gasteiger partial charge in [0.05, 0.1) is 18.7 Å². The van der Waals surface area contributed by atoms with Gasteiger partial charge < -0.3 is 10.1 Å². The number of carbonyl (C=O) groups excluding carboxylic acids is 1. The van der Waals surface area contributed by atoms with Gasteiger partial charge in [-0.1, -0.05) is 72.8 Å². The van der Waals surface area contributed by atoms with Crippen molar-refractivity contribution in [3.8, 4) is 17.1 Å². The lowest BCUT2D eigenvalue weighted by molar-refractivity contribution is 0.0942. The molecule has 148 valence electrons. The Kier molecular flexibility index (Phi) is 5.80. The zero-order valence-corrected chi connectivity index (χ0v) is 16.5. The van der Waals surface area contributed by atoms with Gasteiger partial charge in [0, 0.05) is 18.0 Å². The number of hydrogen-bond acceptors (Lipinski definition) is 4. The van der Waals surface area contributed by atoms with E-state index in [9.17, 15) is 4.79 Å². The zero-order valence-electron chi connectivity index (χ0n) is 16.5. The number of aromatic nitrogens is 2. The van der Waals surface area contributed by atoms with Gasteiger partial charge in [-0.15, -0.1) is 0 Å². The maximum Gasteiger partial charge on any atom is 0.255 e. The van der Waals surface area contributed by atoms with Crippen LogP contribution in [0.1, 0.15) is 27.5 Å². The van der Waals surface area contributed by atoms with Crippen LogP contribution in [0, 0.1) is 0 Å². The number of nitrogens with one attached hydrogen (secondary N) is 1. The second kappa shape index (κ2) is 9.01. The van der Waals surface area contributed by atoms with Crippen molar-refractivity contribution >= 4 is 5.91 Å². The SMILES string of the molecule is COc1ccc(C(NC(=O)c2cnc(-c3ccccc3)nc2)c2ccccc2)cc1. The molecule has 0 saturated carbocycles. The van der Waals surface area contributed by atoms with Gasteiger partial charge in [-0.3, -0.25) is 4.79 Å². The normalized spacial score (nSPS) is 11.5. The van der Waals surface area contributed by atoms with Gasteiger partial charge in [-0.2, -0.15) is 0 Å². The van der Waals surface area contributed by atoms with Crippen molar-refractivity contribution in [2.45, 2.75) is 6.04 Å². The first-order valence-electron chi connectivity index (χ1n) is 9.62. The Balaban J connectivity index is 1.58. The Labute approximate surface area is 175 Å². The van der Waals surface area contributed by atoms with Gasteiger partial charge >= 0.3 is 0 Å². The molecule has 5 nitrogen and oxygen atoms in total. The average Bonchev–Trinajstić information content (AvgIpc) is 2.84. The van der Waals surface area contributed by atoms with E-state index in [2.05, 4.69) is 15.3 Å². The Bertz CT molecular complexity index is 1100. The summed E-state index contributed by atoms with van der Waals surface area (Å²) < 4.78 is 5.25. The lowest BCUT2D eigenvalue weighted by Crippen LogP contribution is -2.29. The highest BCUT2D eigenvalue weighted by Crippen LogP contribution is 2.24. The molecule has 0 aliphatic carbocycles. The Morgan fingerprint density at radius 3 is 1.97 bits per heavy atom. The van der Waals surface area contributed by atoms with Crippen LogP contribution in [0.25, 0.3) is 11.4 Å². The third-order valence-corrected chi connectivity index (χ3v) is 4.80. The molecule has 1 amide bonds. The highest BCUT2D eigenvalue weighted by Gasteiger charge is 2.18. The zero-order chi connectivity index (χ0) is 20.8. The van der Waals surface area contributed by atoms with Crippen molar-refractivity contribution in [1.29, 1.82) is 0 Å². The van der Waals surface area contributed by atoms with Crippen molar-refractivity contribution in [3.05, 3.63) is 114 Å². The van der Waals surface area contributed by atoms with E-state index in [1.165, 1.54) is 0 Å². The second-order valence-corrected chi connectivity index (χ2v) is 6.75. The molecule has 1 N–H and O–H groups in total. The molecule has 5 heteroatoms. The molecule has 0 fully saturated rings. The molecule has 0 radical (unpaired) electrons. The summed E-state index contributed by atoms with van der Waals surface area (Å²) in [6, 6.07) is 26.9. The van der Waals surface area contributed by atoms with E-state index < -0.39 is 0 Å². The molecule has 3 aromatic carbocycles. The van der Waals surface area contributed by atoms with E-state index in [1.54, 1.807) is 19.5 Å². The van der Waals surface area contributed by atoms with Gasteiger partial charge in [-0.05, 0) is 23.3 Å². The van der Waals surface area contributed by atoms with Crippen molar-refractivity contribution in [2.24, 2.45) is 0 Å². The summed E-state index contributed by atoms with van der Waals surface area (Å²) in [5, 5.41) is 3.10. The van der Waals surface area contributed by atoms with E-state index in [4.69, 9.17) is 4.74 Å². The van der Waals surface area contributed by atoms with Gasteiger partial charge in [0.25, 0.3) is 5.91 Å². The van der Waals surface area contributed by atoms with Crippen LogP contribution in [0.15, 0.2) is 97.3 Å². The Hall–Kier alpha value is -3.99. The summed E-state index contributed by atoms with van der Waals surface area (Å²) >= 11 is 0. The number of benzene rings is 3. The number of hydrogen-bond donors (Lipinski definition) is 1. The predicted octanol–water partition coefficient (Wildman–Crippen LogP) is 4.67. The van der Waals surface area contributed by atoms with Crippen molar-refractivity contribution in [3.63, 3.8) is 0 Å². The minimum absolute atomic E-state index is 0.237. The molecule has 0 aliphatic rings. The van der Waals surface area contributed by atoms with Crippen molar-refractivity contribution in [2.75, 3.05) is 7.11 Å². The quantitative estimate of drug-likeness (QED) is 0.515. The van der Waals surface area contributed by atoms with E-state index in [1.807, 2.05) is 84.9 Å². The van der Waals surface area contributed by atoms with Crippen LogP contribution in [0.2, 0.25) is 0 Å². The van der Waals surface area contributed by atoms with Crippen LogP contribution in [-0.4, -0.2) is 23.0 Å². The highest BCUT2D eigenvalue weighted by molar-refractivity contribution is 5.94. The molecule has 0 spiro atoms. The average molecular weight is 395 g/mol. The lowest BCUT2D eigenvalue weighted by atomic mass is 9.98. The summed E-state index contributed by atoms with van der Waals surface area (Å²) in [5.74, 6) is 1.11. The van der Waals surface area contributed by atoms with Crippen LogP contribution in [0.5, 0.6) is 5.75 Å². The first kappa shape index (κ1) is 19.3. The van der Waals surface area contributed by atoms with Crippen LogP contribution >= 0.6 is 0 Å². The molecule has 0 aliphatic heterocycles. The molecule has 4 rings (SSSR count). The third kappa shape index (κ3) is 4.36. The first-order chi connectivity index (χ1) is 14.7. The first-order valence-corrected chi connectivity index (χ1v) is 9.62.